The number of non-ortho nitro benzene ring substituents is 1. The maximum absolute atomic E-state index is 10.7. The average Bonchev–Trinajstić information content (AvgIpc) is 2.46. The van der Waals surface area contributed by atoms with Gasteiger partial charge in [0.2, 0.25) is 0 Å². The zero-order valence-electron chi connectivity index (χ0n) is 11.5. The molecule has 108 valence electrons. The van der Waals surface area contributed by atoms with Crippen LogP contribution in [0.2, 0.25) is 0 Å². The van der Waals surface area contributed by atoms with Gasteiger partial charge in [-0.25, -0.2) is 0 Å². The van der Waals surface area contributed by atoms with Gasteiger partial charge in [-0.2, -0.15) is 0 Å². The third-order valence-electron chi connectivity index (χ3n) is 4.85. The van der Waals surface area contributed by atoms with Gasteiger partial charge in [0.1, 0.15) is 0 Å². The van der Waals surface area contributed by atoms with Crippen LogP contribution in [-0.2, 0) is 0 Å². The van der Waals surface area contributed by atoms with Crippen molar-refractivity contribution in [1.29, 1.82) is 0 Å². The molecule has 2 fully saturated rings. The van der Waals surface area contributed by atoms with Gasteiger partial charge in [0.25, 0.3) is 5.69 Å². The Kier molecular flexibility index (Phi) is 3.38. The summed E-state index contributed by atoms with van der Waals surface area (Å²) in [6.45, 7) is 1.68. The molecule has 3 rings (SSSR count). The summed E-state index contributed by atoms with van der Waals surface area (Å²) in [5.74, 6) is 0.334. The molecule has 1 aliphatic heterocycles. The highest BCUT2D eigenvalue weighted by Crippen LogP contribution is 2.40. The van der Waals surface area contributed by atoms with Crippen LogP contribution in [0.5, 0.6) is 0 Å². The molecule has 0 radical (unpaired) electrons. The fourth-order valence-corrected chi connectivity index (χ4v) is 3.59. The summed E-state index contributed by atoms with van der Waals surface area (Å²) < 4.78 is 0. The number of nitro groups is 1. The van der Waals surface area contributed by atoms with Crippen molar-refractivity contribution in [3.63, 3.8) is 0 Å². The van der Waals surface area contributed by atoms with Crippen LogP contribution in [-0.4, -0.2) is 28.7 Å². The molecule has 5 nitrogen and oxygen atoms in total. The van der Waals surface area contributed by atoms with Crippen LogP contribution in [0.4, 0.5) is 11.4 Å². The molecular formula is C15H20N2O3. The van der Waals surface area contributed by atoms with Gasteiger partial charge in [-0.1, -0.05) is 12.8 Å². The lowest BCUT2D eigenvalue weighted by Crippen LogP contribution is -2.53. The predicted octanol–water partition coefficient (Wildman–Crippen LogP) is 2.73. The maximum atomic E-state index is 10.7. The minimum atomic E-state index is -0.477. The molecule has 2 unspecified atom stereocenters. The molecule has 1 saturated carbocycles. The number of rotatable bonds is 2. The Morgan fingerprint density at radius 1 is 1.25 bits per heavy atom. The number of aliphatic hydroxyl groups is 1. The van der Waals surface area contributed by atoms with Crippen molar-refractivity contribution in [2.75, 3.05) is 18.0 Å². The van der Waals surface area contributed by atoms with E-state index in [1.54, 1.807) is 12.1 Å². The van der Waals surface area contributed by atoms with E-state index in [4.69, 9.17) is 0 Å². The van der Waals surface area contributed by atoms with E-state index >= 15 is 0 Å². The predicted molar refractivity (Wildman–Crippen MR) is 76.8 cm³/mol. The van der Waals surface area contributed by atoms with E-state index in [2.05, 4.69) is 4.90 Å². The van der Waals surface area contributed by atoms with E-state index in [0.717, 1.165) is 44.5 Å². The molecular weight excluding hydrogens is 256 g/mol. The highest BCUT2D eigenvalue weighted by Gasteiger charge is 2.42. The van der Waals surface area contributed by atoms with Crippen LogP contribution >= 0.6 is 0 Å². The van der Waals surface area contributed by atoms with Crippen LogP contribution in [0, 0.1) is 16.0 Å². The van der Waals surface area contributed by atoms with Gasteiger partial charge < -0.3 is 10.0 Å². The minimum Gasteiger partial charge on any atom is -0.389 e. The van der Waals surface area contributed by atoms with Crippen molar-refractivity contribution in [3.05, 3.63) is 34.4 Å². The number of piperidine rings is 1. The summed E-state index contributed by atoms with van der Waals surface area (Å²) in [6.07, 6.45) is 5.13. The second-order valence-electron chi connectivity index (χ2n) is 6.02. The van der Waals surface area contributed by atoms with E-state index in [9.17, 15) is 15.2 Å². The Morgan fingerprint density at radius 2 is 2.00 bits per heavy atom. The highest BCUT2D eigenvalue weighted by molar-refractivity contribution is 5.51. The molecule has 5 heteroatoms. The van der Waals surface area contributed by atoms with E-state index in [-0.39, 0.29) is 10.6 Å². The number of fused-ring (bicyclic) bond motifs is 1. The third-order valence-corrected chi connectivity index (χ3v) is 4.85. The summed E-state index contributed by atoms with van der Waals surface area (Å²) in [4.78, 5) is 12.5. The number of nitrogens with zero attached hydrogens (tertiary/aromatic N) is 2. The first-order valence-corrected chi connectivity index (χ1v) is 7.30. The SMILES string of the molecule is O=[N+]([O-])c1ccc(N2CCC3(O)CCCCC3C2)cc1. The average molecular weight is 276 g/mol. The van der Waals surface area contributed by atoms with Crippen LogP contribution < -0.4 is 4.90 Å². The number of hydrogen-bond donors (Lipinski definition) is 1. The zero-order chi connectivity index (χ0) is 14.2. The zero-order valence-corrected chi connectivity index (χ0v) is 11.5. The quantitative estimate of drug-likeness (QED) is 0.666. The molecule has 0 spiro atoms. The van der Waals surface area contributed by atoms with Crippen molar-refractivity contribution in [3.8, 4) is 0 Å². The minimum absolute atomic E-state index is 0.125. The molecule has 2 aliphatic rings. The standard InChI is InChI=1S/C15H20N2O3/c18-15-8-2-1-3-12(15)11-16(10-9-15)13-4-6-14(7-5-13)17(19)20/h4-7,12,18H,1-3,8-11H2. The molecule has 0 bridgehead atoms. The van der Waals surface area contributed by atoms with Gasteiger partial charge in [0, 0.05) is 36.8 Å². The molecule has 0 aromatic heterocycles. The van der Waals surface area contributed by atoms with E-state index in [1.807, 2.05) is 12.1 Å². The van der Waals surface area contributed by atoms with Crippen LogP contribution in [0.3, 0.4) is 0 Å². The topological polar surface area (TPSA) is 66.6 Å². The van der Waals surface area contributed by atoms with Crippen molar-refractivity contribution in [2.45, 2.75) is 37.7 Å². The monoisotopic (exact) mass is 276 g/mol. The van der Waals surface area contributed by atoms with E-state index < -0.39 is 5.60 Å². The third kappa shape index (κ3) is 2.38. The Balaban J connectivity index is 1.74. The van der Waals surface area contributed by atoms with Gasteiger partial charge in [0.05, 0.1) is 10.5 Å². The first-order chi connectivity index (χ1) is 9.58. The van der Waals surface area contributed by atoms with E-state index in [0.29, 0.717) is 5.92 Å². The molecule has 0 amide bonds. The molecule has 1 aliphatic carbocycles. The number of hydrogen-bond acceptors (Lipinski definition) is 4. The van der Waals surface area contributed by atoms with Crippen molar-refractivity contribution < 1.29 is 10.0 Å². The Morgan fingerprint density at radius 3 is 2.70 bits per heavy atom. The normalized spacial score (nSPS) is 29.9. The summed E-state index contributed by atoms with van der Waals surface area (Å²) in [6, 6.07) is 6.73. The fraction of sp³-hybridized carbons (Fsp3) is 0.600. The fourth-order valence-electron chi connectivity index (χ4n) is 3.59. The molecule has 1 aromatic carbocycles. The van der Waals surface area contributed by atoms with Crippen LogP contribution in [0.1, 0.15) is 32.1 Å². The van der Waals surface area contributed by atoms with Gasteiger partial charge in [0.15, 0.2) is 0 Å². The van der Waals surface area contributed by atoms with E-state index in [1.165, 1.54) is 6.42 Å². The molecule has 1 N–H and O–H groups in total. The molecule has 1 aromatic rings. The molecule has 2 atom stereocenters. The Labute approximate surface area is 118 Å². The van der Waals surface area contributed by atoms with Gasteiger partial charge in [-0.05, 0) is 31.4 Å². The molecule has 1 heterocycles. The smallest absolute Gasteiger partial charge is 0.269 e. The first-order valence-electron chi connectivity index (χ1n) is 7.30. The highest BCUT2D eigenvalue weighted by atomic mass is 16.6. The summed E-state index contributed by atoms with van der Waals surface area (Å²) in [7, 11) is 0. The number of anilines is 1. The van der Waals surface area contributed by atoms with Crippen molar-refractivity contribution in [2.24, 2.45) is 5.92 Å². The first kappa shape index (κ1) is 13.4. The summed E-state index contributed by atoms with van der Waals surface area (Å²) in [5, 5.41) is 21.3. The largest absolute Gasteiger partial charge is 0.389 e. The summed E-state index contributed by atoms with van der Waals surface area (Å²) >= 11 is 0. The lowest BCUT2D eigenvalue weighted by atomic mass is 9.71. The van der Waals surface area contributed by atoms with Crippen LogP contribution in [0.25, 0.3) is 0 Å². The van der Waals surface area contributed by atoms with Crippen molar-refractivity contribution in [1.82, 2.24) is 0 Å². The van der Waals surface area contributed by atoms with Crippen molar-refractivity contribution >= 4 is 11.4 Å². The van der Waals surface area contributed by atoms with Gasteiger partial charge in [-0.3, -0.25) is 10.1 Å². The van der Waals surface area contributed by atoms with Crippen LogP contribution in [0.15, 0.2) is 24.3 Å². The molecule has 20 heavy (non-hydrogen) atoms. The number of nitro benzene ring substituents is 1. The maximum Gasteiger partial charge on any atom is 0.269 e. The van der Waals surface area contributed by atoms with Gasteiger partial charge in [-0.15, -0.1) is 0 Å². The lowest BCUT2D eigenvalue weighted by Gasteiger charge is -2.48. The number of benzene rings is 1. The lowest BCUT2D eigenvalue weighted by molar-refractivity contribution is -0.384. The second kappa shape index (κ2) is 5.05. The molecule has 1 saturated heterocycles. The summed E-state index contributed by atoms with van der Waals surface area (Å²) in [5.41, 5.74) is 0.665. The van der Waals surface area contributed by atoms with Gasteiger partial charge >= 0.3 is 0 Å². The second-order valence-corrected chi connectivity index (χ2v) is 6.02. The Hall–Kier alpha value is -1.62. The Bertz CT molecular complexity index is 502.